The Morgan fingerprint density at radius 3 is 2.39 bits per heavy atom. The van der Waals surface area contributed by atoms with Gasteiger partial charge in [-0.3, -0.25) is 0 Å². The number of nitrogens with zero attached hydrogens (tertiary/aromatic N) is 1. The highest BCUT2D eigenvalue weighted by Crippen LogP contribution is 2.22. The van der Waals surface area contributed by atoms with Gasteiger partial charge in [-0.25, -0.2) is 0 Å². The zero-order chi connectivity index (χ0) is 16.7. The fraction of sp³-hybridized carbons (Fsp3) is 1.00. The molecule has 2 saturated heterocycles. The lowest BCUT2D eigenvalue weighted by Gasteiger charge is -2.33. The van der Waals surface area contributed by atoms with E-state index in [0.717, 1.165) is 32.1 Å². The first-order valence-electron chi connectivity index (χ1n) is 9.68. The molecule has 0 saturated carbocycles. The zero-order valence-corrected chi connectivity index (χ0v) is 15.7. The van der Waals surface area contributed by atoms with Gasteiger partial charge in [-0.2, -0.15) is 0 Å². The summed E-state index contributed by atoms with van der Waals surface area (Å²) in [7, 11) is 2.22. The average molecular weight is 327 g/mol. The summed E-state index contributed by atoms with van der Waals surface area (Å²) >= 11 is 0. The second-order valence-corrected chi connectivity index (χ2v) is 8.05. The van der Waals surface area contributed by atoms with Crippen molar-refractivity contribution in [1.29, 1.82) is 0 Å². The van der Waals surface area contributed by atoms with Crippen LogP contribution < -0.4 is 5.32 Å². The van der Waals surface area contributed by atoms with Gasteiger partial charge in [0.05, 0.1) is 12.2 Å². The molecule has 0 aromatic carbocycles. The largest absolute Gasteiger partial charge is 0.379 e. The minimum Gasteiger partial charge on any atom is -0.379 e. The Kier molecular flexibility index (Phi) is 8.31. The van der Waals surface area contributed by atoms with E-state index in [1.165, 1.54) is 38.8 Å². The molecule has 4 nitrogen and oxygen atoms in total. The third-order valence-electron chi connectivity index (χ3n) is 5.34. The van der Waals surface area contributed by atoms with Crippen LogP contribution in [0.1, 0.15) is 52.9 Å². The number of piperidine rings is 2. The molecule has 2 rings (SSSR count). The van der Waals surface area contributed by atoms with Gasteiger partial charge in [-0.15, -0.1) is 0 Å². The molecule has 2 aliphatic heterocycles. The van der Waals surface area contributed by atoms with Crippen LogP contribution >= 0.6 is 0 Å². The SMILES string of the molecule is CC(C)OCC1CCNC(CC(C)OCC2CCN(C)CC2)C1. The van der Waals surface area contributed by atoms with Gasteiger partial charge in [0.1, 0.15) is 0 Å². The molecule has 0 spiro atoms. The van der Waals surface area contributed by atoms with Crippen molar-refractivity contribution in [2.75, 3.05) is 39.9 Å². The van der Waals surface area contributed by atoms with E-state index in [4.69, 9.17) is 9.47 Å². The maximum absolute atomic E-state index is 6.16. The Labute approximate surface area is 143 Å². The number of likely N-dealkylation sites (tertiary alicyclic amines) is 1. The molecular weight excluding hydrogens is 288 g/mol. The van der Waals surface area contributed by atoms with Crippen LogP contribution in [0.2, 0.25) is 0 Å². The van der Waals surface area contributed by atoms with Crippen LogP contribution in [0.25, 0.3) is 0 Å². The Morgan fingerprint density at radius 1 is 1.00 bits per heavy atom. The van der Waals surface area contributed by atoms with Gasteiger partial charge in [-0.1, -0.05) is 0 Å². The van der Waals surface area contributed by atoms with E-state index in [9.17, 15) is 0 Å². The summed E-state index contributed by atoms with van der Waals surface area (Å²) in [5.41, 5.74) is 0. The number of nitrogens with one attached hydrogen (secondary N) is 1. The van der Waals surface area contributed by atoms with E-state index in [1.807, 2.05) is 0 Å². The van der Waals surface area contributed by atoms with Crippen molar-refractivity contribution in [3.8, 4) is 0 Å². The van der Waals surface area contributed by atoms with E-state index >= 15 is 0 Å². The van der Waals surface area contributed by atoms with Crippen molar-refractivity contribution in [2.45, 2.75) is 71.1 Å². The summed E-state index contributed by atoms with van der Waals surface area (Å²) in [4.78, 5) is 2.42. The third kappa shape index (κ3) is 7.51. The number of rotatable bonds is 8. The Hall–Kier alpha value is -0.160. The van der Waals surface area contributed by atoms with E-state index in [-0.39, 0.29) is 0 Å². The summed E-state index contributed by atoms with van der Waals surface area (Å²) < 4.78 is 12.0. The number of hydrogen-bond donors (Lipinski definition) is 1. The highest BCUT2D eigenvalue weighted by atomic mass is 16.5. The van der Waals surface area contributed by atoms with Crippen LogP contribution in [-0.2, 0) is 9.47 Å². The van der Waals surface area contributed by atoms with Gasteiger partial charge < -0.3 is 19.7 Å². The summed E-state index contributed by atoms with van der Waals surface area (Å²) in [5, 5.41) is 3.67. The van der Waals surface area contributed by atoms with Crippen LogP contribution in [0.15, 0.2) is 0 Å². The standard InChI is InChI=1S/C19H38N2O2/c1-15(2)22-14-18-5-8-20-19(12-18)11-16(3)23-13-17-6-9-21(4)10-7-17/h15-20H,5-14H2,1-4H3. The molecule has 3 unspecified atom stereocenters. The fourth-order valence-corrected chi connectivity index (χ4v) is 3.75. The highest BCUT2D eigenvalue weighted by molar-refractivity contribution is 4.80. The predicted octanol–water partition coefficient (Wildman–Crippen LogP) is 2.92. The lowest BCUT2D eigenvalue weighted by Crippen LogP contribution is -2.41. The normalized spacial score (nSPS) is 29.1. The Balaban J connectivity index is 1.61. The average Bonchev–Trinajstić information content (AvgIpc) is 2.53. The van der Waals surface area contributed by atoms with Crippen LogP contribution in [-0.4, -0.2) is 63.0 Å². The zero-order valence-electron chi connectivity index (χ0n) is 15.7. The van der Waals surface area contributed by atoms with Crippen LogP contribution in [0, 0.1) is 11.8 Å². The maximum atomic E-state index is 6.16. The number of ether oxygens (including phenoxy) is 2. The van der Waals surface area contributed by atoms with Gasteiger partial charge in [0.15, 0.2) is 0 Å². The summed E-state index contributed by atoms with van der Waals surface area (Å²) in [5.74, 6) is 1.48. The Morgan fingerprint density at radius 2 is 1.70 bits per heavy atom. The lowest BCUT2D eigenvalue weighted by molar-refractivity contribution is 0.00596. The monoisotopic (exact) mass is 326 g/mol. The molecule has 2 aliphatic rings. The summed E-state index contributed by atoms with van der Waals surface area (Å²) in [6.07, 6.45) is 6.89. The van der Waals surface area contributed by atoms with E-state index in [1.54, 1.807) is 0 Å². The van der Waals surface area contributed by atoms with Crippen molar-refractivity contribution < 1.29 is 9.47 Å². The van der Waals surface area contributed by atoms with Gasteiger partial charge in [-0.05, 0) is 91.4 Å². The molecule has 2 heterocycles. The van der Waals surface area contributed by atoms with Gasteiger partial charge in [0, 0.05) is 19.3 Å². The molecule has 3 atom stereocenters. The molecule has 0 radical (unpaired) electrons. The van der Waals surface area contributed by atoms with Crippen molar-refractivity contribution in [2.24, 2.45) is 11.8 Å². The van der Waals surface area contributed by atoms with E-state index < -0.39 is 0 Å². The number of hydrogen-bond acceptors (Lipinski definition) is 4. The first kappa shape index (κ1) is 19.2. The first-order chi connectivity index (χ1) is 11.0. The minimum atomic E-state index is 0.347. The second kappa shape index (κ2) is 9.97. The van der Waals surface area contributed by atoms with Gasteiger partial charge in [0.2, 0.25) is 0 Å². The van der Waals surface area contributed by atoms with Crippen molar-refractivity contribution in [1.82, 2.24) is 10.2 Å². The van der Waals surface area contributed by atoms with Crippen LogP contribution in [0.3, 0.4) is 0 Å². The molecule has 4 heteroatoms. The molecule has 0 aromatic heterocycles. The molecule has 0 amide bonds. The molecule has 0 aliphatic carbocycles. The first-order valence-corrected chi connectivity index (χ1v) is 9.68. The summed E-state index contributed by atoms with van der Waals surface area (Å²) in [6, 6.07) is 0.594. The molecule has 23 heavy (non-hydrogen) atoms. The van der Waals surface area contributed by atoms with Crippen LogP contribution in [0.4, 0.5) is 0 Å². The quantitative estimate of drug-likeness (QED) is 0.744. The van der Waals surface area contributed by atoms with Crippen molar-refractivity contribution in [3.05, 3.63) is 0 Å². The molecule has 2 fully saturated rings. The van der Waals surface area contributed by atoms with Crippen LogP contribution in [0.5, 0.6) is 0 Å². The lowest BCUT2D eigenvalue weighted by atomic mass is 9.90. The fourth-order valence-electron chi connectivity index (χ4n) is 3.75. The van der Waals surface area contributed by atoms with Gasteiger partial charge in [0.25, 0.3) is 0 Å². The molecule has 1 N–H and O–H groups in total. The molecule has 136 valence electrons. The van der Waals surface area contributed by atoms with Crippen molar-refractivity contribution >= 4 is 0 Å². The molecule has 0 bridgehead atoms. The maximum Gasteiger partial charge on any atom is 0.0562 e. The Bertz CT molecular complexity index is 316. The molecular formula is C19H38N2O2. The topological polar surface area (TPSA) is 33.7 Å². The minimum absolute atomic E-state index is 0.347. The van der Waals surface area contributed by atoms with Gasteiger partial charge >= 0.3 is 0 Å². The highest BCUT2D eigenvalue weighted by Gasteiger charge is 2.24. The smallest absolute Gasteiger partial charge is 0.0562 e. The predicted molar refractivity (Wildman–Crippen MR) is 95.9 cm³/mol. The third-order valence-corrected chi connectivity index (χ3v) is 5.34. The van der Waals surface area contributed by atoms with E-state index in [2.05, 4.69) is 38.0 Å². The van der Waals surface area contributed by atoms with Crippen molar-refractivity contribution in [3.63, 3.8) is 0 Å². The van der Waals surface area contributed by atoms with E-state index in [0.29, 0.717) is 24.2 Å². The second-order valence-electron chi connectivity index (χ2n) is 8.05. The summed E-state index contributed by atoms with van der Waals surface area (Å²) in [6.45, 7) is 11.9. The molecule has 0 aromatic rings.